The third kappa shape index (κ3) is 2.69. The number of hydrogen-bond donors (Lipinski definition) is 1. The van der Waals surface area contributed by atoms with Gasteiger partial charge in [0.15, 0.2) is 0 Å². The quantitative estimate of drug-likeness (QED) is 0.796. The number of anilines is 1. The highest BCUT2D eigenvalue weighted by atomic mass is 35.5. The van der Waals surface area contributed by atoms with Crippen LogP contribution in [0.3, 0.4) is 0 Å². The average Bonchev–Trinajstić information content (AvgIpc) is 2.60. The fraction of sp³-hybridized carbons (Fsp3) is 0.571. The molecule has 0 saturated carbocycles. The van der Waals surface area contributed by atoms with Crippen molar-refractivity contribution in [3.05, 3.63) is 27.2 Å². The summed E-state index contributed by atoms with van der Waals surface area (Å²) in [5.41, 5.74) is 0.894. The molecule has 0 aliphatic carbocycles. The fourth-order valence-electron chi connectivity index (χ4n) is 3.38. The number of nitrogens with one attached hydrogen (secondary N) is 1. The number of rotatable bonds is 2. The molecule has 0 amide bonds. The first-order chi connectivity index (χ1) is 9.04. The van der Waals surface area contributed by atoms with Crippen LogP contribution in [0.25, 0.3) is 0 Å². The van der Waals surface area contributed by atoms with Crippen molar-refractivity contribution in [2.24, 2.45) is 0 Å². The van der Waals surface area contributed by atoms with E-state index in [0.717, 1.165) is 5.69 Å². The van der Waals surface area contributed by atoms with Crippen LogP contribution in [0.15, 0.2) is 12.1 Å². The van der Waals surface area contributed by atoms with Crippen LogP contribution >= 0.6 is 34.8 Å². The number of piperidine rings is 1. The second-order valence-electron chi connectivity index (χ2n) is 5.61. The molecule has 1 aromatic rings. The molecule has 1 N–H and O–H groups in total. The van der Waals surface area contributed by atoms with Crippen molar-refractivity contribution < 1.29 is 0 Å². The van der Waals surface area contributed by atoms with E-state index in [9.17, 15) is 0 Å². The van der Waals surface area contributed by atoms with Crippen LogP contribution in [0, 0.1) is 0 Å². The SMILES string of the molecule is CN1C2CCC1CC(Nc1cc(Cl)c(Cl)cc1Cl)C2. The summed E-state index contributed by atoms with van der Waals surface area (Å²) in [5.74, 6) is 0. The molecular weight excluding hydrogens is 303 g/mol. The van der Waals surface area contributed by atoms with Gasteiger partial charge in [-0.15, -0.1) is 0 Å². The van der Waals surface area contributed by atoms with Crippen molar-refractivity contribution in [1.29, 1.82) is 0 Å². The Bertz CT molecular complexity index is 478. The van der Waals surface area contributed by atoms with Gasteiger partial charge in [0.2, 0.25) is 0 Å². The second-order valence-corrected chi connectivity index (χ2v) is 6.83. The molecule has 2 aliphatic heterocycles. The van der Waals surface area contributed by atoms with Gasteiger partial charge in [-0.1, -0.05) is 34.8 Å². The number of halogens is 3. The molecule has 19 heavy (non-hydrogen) atoms. The van der Waals surface area contributed by atoms with Crippen molar-refractivity contribution >= 4 is 40.5 Å². The third-order valence-electron chi connectivity index (χ3n) is 4.47. The number of benzene rings is 1. The van der Waals surface area contributed by atoms with Gasteiger partial charge in [0.05, 0.1) is 20.8 Å². The van der Waals surface area contributed by atoms with Gasteiger partial charge in [-0.25, -0.2) is 0 Å². The Morgan fingerprint density at radius 1 is 1.00 bits per heavy atom. The van der Waals surface area contributed by atoms with Crippen LogP contribution in [-0.4, -0.2) is 30.1 Å². The summed E-state index contributed by atoms with van der Waals surface area (Å²) in [5, 5.41) is 5.22. The van der Waals surface area contributed by atoms with E-state index in [1.165, 1.54) is 25.7 Å². The lowest BCUT2D eigenvalue weighted by atomic mass is 9.98. The largest absolute Gasteiger partial charge is 0.381 e. The zero-order valence-corrected chi connectivity index (χ0v) is 13.1. The highest BCUT2D eigenvalue weighted by molar-refractivity contribution is 6.44. The summed E-state index contributed by atoms with van der Waals surface area (Å²) in [6.07, 6.45) is 4.97. The Labute approximate surface area is 129 Å². The van der Waals surface area contributed by atoms with Gasteiger partial charge in [0, 0.05) is 18.1 Å². The Hall–Kier alpha value is -0.150. The van der Waals surface area contributed by atoms with E-state index in [0.29, 0.717) is 33.2 Å². The first kappa shape index (κ1) is 13.8. The molecule has 0 radical (unpaired) electrons. The van der Waals surface area contributed by atoms with E-state index in [4.69, 9.17) is 34.8 Å². The molecule has 2 atom stereocenters. The molecule has 2 heterocycles. The zero-order valence-electron chi connectivity index (χ0n) is 10.8. The minimum atomic E-state index is 0.475. The standard InChI is InChI=1S/C14H17Cl3N2/c1-19-9-2-3-10(19)5-8(4-9)18-14-7-12(16)11(15)6-13(14)17/h6-10,18H,2-5H2,1H3. The minimum Gasteiger partial charge on any atom is -0.381 e. The van der Waals surface area contributed by atoms with Crippen molar-refractivity contribution in [3.63, 3.8) is 0 Å². The number of fused-ring (bicyclic) bond motifs is 2. The Morgan fingerprint density at radius 2 is 1.58 bits per heavy atom. The van der Waals surface area contributed by atoms with Crippen molar-refractivity contribution in [1.82, 2.24) is 4.90 Å². The smallest absolute Gasteiger partial charge is 0.0653 e. The molecule has 5 heteroatoms. The Morgan fingerprint density at radius 3 is 2.21 bits per heavy atom. The predicted octanol–water partition coefficient (Wildman–Crippen LogP) is 4.68. The number of hydrogen-bond acceptors (Lipinski definition) is 2. The van der Waals surface area contributed by atoms with Crippen molar-refractivity contribution in [2.75, 3.05) is 12.4 Å². The van der Waals surface area contributed by atoms with E-state index in [2.05, 4.69) is 17.3 Å². The van der Waals surface area contributed by atoms with Gasteiger partial charge in [-0.3, -0.25) is 0 Å². The maximum atomic E-state index is 6.22. The maximum Gasteiger partial charge on any atom is 0.0653 e. The van der Waals surface area contributed by atoms with Crippen LogP contribution in [-0.2, 0) is 0 Å². The molecule has 104 valence electrons. The topological polar surface area (TPSA) is 15.3 Å². The van der Waals surface area contributed by atoms with E-state index < -0.39 is 0 Å². The summed E-state index contributed by atoms with van der Waals surface area (Å²) < 4.78 is 0. The average molecular weight is 320 g/mol. The van der Waals surface area contributed by atoms with Gasteiger partial charge in [0.25, 0.3) is 0 Å². The van der Waals surface area contributed by atoms with E-state index in [1.807, 2.05) is 6.07 Å². The van der Waals surface area contributed by atoms with Crippen LogP contribution in [0.4, 0.5) is 5.69 Å². The number of nitrogens with zero attached hydrogens (tertiary/aromatic N) is 1. The lowest BCUT2D eigenvalue weighted by Gasteiger charge is -2.37. The highest BCUT2D eigenvalue weighted by Gasteiger charge is 2.38. The van der Waals surface area contributed by atoms with Gasteiger partial charge in [-0.05, 0) is 44.9 Å². The Kier molecular flexibility index (Phi) is 3.87. The molecule has 3 rings (SSSR count). The van der Waals surface area contributed by atoms with Crippen LogP contribution in [0.5, 0.6) is 0 Å². The molecule has 2 bridgehead atoms. The first-order valence-corrected chi connectivity index (χ1v) is 7.81. The van der Waals surface area contributed by atoms with E-state index in [1.54, 1.807) is 6.07 Å². The molecule has 0 aromatic heterocycles. The lowest BCUT2D eigenvalue weighted by Crippen LogP contribution is -2.44. The summed E-state index contributed by atoms with van der Waals surface area (Å²) >= 11 is 18.2. The lowest BCUT2D eigenvalue weighted by molar-refractivity contribution is 0.169. The first-order valence-electron chi connectivity index (χ1n) is 6.67. The summed E-state index contributed by atoms with van der Waals surface area (Å²) in [6, 6.07) is 5.42. The summed E-state index contributed by atoms with van der Waals surface area (Å²) in [7, 11) is 2.24. The fourth-order valence-corrected chi connectivity index (χ4v) is 3.98. The van der Waals surface area contributed by atoms with Crippen LogP contribution in [0.1, 0.15) is 25.7 Å². The molecular formula is C14H17Cl3N2. The normalized spacial score (nSPS) is 30.6. The minimum absolute atomic E-state index is 0.475. The molecule has 0 spiro atoms. The van der Waals surface area contributed by atoms with Crippen LogP contribution in [0.2, 0.25) is 15.1 Å². The molecule has 2 aliphatic rings. The van der Waals surface area contributed by atoms with E-state index >= 15 is 0 Å². The molecule has 2 saturated heterocycles. The molecule has 2 nitrogen and oxygen atoms in total. The summed E-state index contributed by atoms with van der Waals surface area (Å²) in [4.78, 5) is 2.52. The molecule has 2 unspecified atom stereocenters. The van der Waals surface area contributed by atoms with Gasteiger partial charge >= 0.3 is 0 Å². The maximum absolute atomic E-state index is 6.22. The third-order valence-corrected chi connectivity index (χ3v) is 5.50. The van der Waals surface area contributed by atoms with Crippen molar-refractivity contribution in [2.45, 2.75) is 43.8 Å². The van der Waals surface area contributed by atoms with Crippen molar-refractivity contribution in [3.8, 4) is 0 Å². The van der Waals surface area contributed by atoms with Crippen LogP contribution < -0.4 is 5.32 Å². The van der Waals surface area contributed by atoms with Gasteiger partial charge < -0.3 is 10.2 Å². The summed E-state index contributed by atoms with van der Waals surface area (Å²) in [6.45, 7) is 0. The zero-order chi connectivity index (χ0) is 13.6. The van der Waals surface area contributed by atoms with E-state index in [-0.39, 0.29) is 0 Å². The molecule has 2 fully saturated rings. The Balaban J connectivity index is 1.74. The second kappa shape index (κ2) is 5.33. The van der Waals surface area contributed by atoms with Gasteiger partial charge in [-0.2, -0.15) is 0 Å². The van der Waals surface area contributed by atoms with Gasteiger partial charge in [0.1, 0.15) is 0 Å². The highest BCUT2D eigenvalue weighted by Crippen LogP contribution is 2.38. The predicted molar refractivity (Wildman–Crippen MR) is 82.7 cm³/mol. The monoisotopic (exact) mass is 318 g/mol. The molecule has 1 aromatic carbocycles.